The second-order valence-electron chi connectivity index (χ2n) is 3.45. The maximum Gasteiger partial charge on any atom is 0.113 e. The molecule has 0 spiro atoms. The van der Waals surface area contributed by atoms with E-state index in [2.05, 4.69) is 12.2 Å². The molecule has 18 heavy (non-hydrogen) atoms. The van der Waals surface area contributed by atoms with E-state index in [1.807, 2.05) is 18.2 Å². The topological polar surface area (TPSA) is 110 Å². The fraction of sp³-hybridized carbons (Fsp3) is 0.545. The maximum absolute atomic E-state index is 9.02. The van der Waals surface area contributed by atoms with Crippen LogP contribution >= 0.6 is 12.2 Å². The summed E-state index contributed by atoms with van der Waals surface area (Å²) in [5.41, 5.74) is 0. The van der Waals surface area contributed by atoms with Gasteiger partial charge in [0.1, 0.15) is 31.0 Å². The van der Waals surface area contributed by atoms with Gasteiger partial charge in [-0.15, -0.1) is 0 Å². The maximum atomic E-state index is 9.02. The fourth-order valence-corrected chi connectivity index (χ4v) is 1.13. The predicted octanol–water partition coefficient (Wildman–Crippen LogP) is -1.49. The van der Waals surface area contributed by atoms with E-state index < -0.39 is 31.0 Å². The van der Waals surface area contributed by atoms with Crippen LogP contribution in [0.25, 0.3) is 0 Å². The molecule has 1 aliphatic heterocycles. The van der Waals surface area contributed by atoms with Crippen LogP contribution < -0.4 is 0 Å². The number of aliphatic hydroxyl groups excluding tert-OH is 5. The highest BCUT2D eigenvalue weighted by Gasteiger charge is 2.28. The molecule has 1 rings (SSSR count). The van der Waals surface area contributed by atoms with Crippen molar-refractivity contribution in [3.63, 3.8) is 0 Å². The van der Waals surface area contributed by atoms with Gasteiger partial charge in [-0.3, -0.25) is 0 Å². The van der Waals surface area contributed by atoms with Crippen molar-refractivity contribution >= 4 is 17.6 Å². The SMILES string of the molecule is C1=CCOC=C1.OCC(O)C(O)C(O)C(O)C=S. The van der Waals surface area contributed by atoms with Crippen LogP contribution in [0, 0.1) is 0 Å². The lowest BCUT2D eigenvalue weighted by Crippen LogP contribution is -2.46. The Bertz CT molecular complexity index is 269. The monoisotopic (exact) mass is 278 g/mol. The predicted molar refractivity (Wildman–Crippen MR) is 69.0 cm³/mol. The molecular formula is C11H18O6S. The Kier molecular flexibility index (Phi) is 9.66. The first-order chi connectivity index (χ1) is 8.54. The average Bonchev–Trinajstić information content (AvgIpc) is 2.46. The molecule has 0 amide bonds. The molecule has 0 bridgehead atoms. The number of ether oxygens (including phenoxy) is 1. The van der Waals surface area contributed by atoms with Crippen molar-refractivity contribution in [2.24, 2.45) is 0 Å². The molecule has 0 saturated heterocycles. The van der Waals surface area contributed by atoms with Crippen molar-refractivity contribution in [3.05, 3.63) is 24.5 Å². The van der Waals surface area contributed by atoms with Crippen molar-refractivity contribution in [1.29, 1.82) is 0 Å². The van der Waals surface area contributed by atoms with Crippen LogP contribution in [-0.4, -0.2) is 68.5 Å². The minimum atomic E-state index is -1.61. The van der Waals surface area contributed by atoms with E-state index in [-0.39, 0.29) is 0 Å². The molecule has 0 aromatic carbocycles. The summed E-state index contributed by atoms with van der Waals surface area (Å²) in [7, 11) is 0. The molecule has 5 N–H and O–H groups in total. The van der Waals surface area contributed by atoms with E-state index in [0.29, 0.717) is 0 Å². The molecular weight excluding hydrogens is 260 g/mol. The van der Waals surface area contributed by atoms with Gasteiger partial charge in [-0.2, -0.15) is 0 Å². The quantitative estimate of drug-likeness (QED) is 0.390. The van der Waals surface area contributed by atoms with Gasteiger partial charge < -0.3 is 30.3 Å². The lowest BCUT2D eigenvalue weighted by molar-refractivity contribution is -0.0996. The molecule has 0 fully saturated rings. The number of thiocarbonyl (C=S) groups is 1. The Morgan fingerprint density at radius 1 is 1.17 bits per heavy atom. The van der Waals surface area contributed by atoms with E-state index in [4.69, 9.17) is 30.3 Å². The highest BCUT2D eigenvalue weighted by Crippen LogP contribution is 2.03. The Hall–Kier alpha value is -0.830. The summed E-state index contributed by atoms with van der Waals surface area (Å²) in [5.74, 6) is 0. The standard InChI is InChI=1S/C6H12O5S.C5H6O/c7-1-3(8)5(10)6(11)4(9)2-12;1-2-4-6-5-3-1/h2-11H,1H2;1-4H,5H2. The summed E-state index contributed by atoms with van der Waals surface area (Å²) >= 11 is 4.30. The van der Waals surface area contributed by atoms with Gasteiger partial charge in [0.25, 0.3) is 0 Å². The van der Waals surface area contributed by atoms with E-state index >= 15 is 0 Å². The number of aliphatic hydroxyl groups is 5. The lowest BCUT2D eigenvalue weighted by Gasteiger charge is -2.23. The largest absolute Gasteiger partial charge is 0.497 e. The number of rotatable bonds is 5. The van der Waals surface area contributed by atoms with Gasteiger partial charge >= 0.3 is 0 Å². The molecule has 0 aromatic rings. The summed E-state index contributed by atoms with van der Waals surface area (Å²) in [5, 5.41) is 44.9. The third-order valence-electron chi connectivity index (χ3n) is 2.03. The zero-order valence-electron chi connectivity index (χ0n) is 9.66. The highest BCUT2D eigenvalue weighted by molar-refractivity contribution is 7.79. The minimum absolute atomic E-state index is 0.692. The molecule has 0 aromatic heterocycles. The van der Waals surface area contributed by atoms with Gasteiger partial charge in [-0.1, -0.05) is 18.3 Å². The average molecular weight is 278 g/mol. The lowest BCUT2D eigenvalue weighted by atomic mass is 10.0. The second kappa shape index (κ2) is 10.1. The molecule has 7 heteroatoms. The van der Waals surface area contributed by atoms with Crippen molar-refractivity contribution < 1.29 is 30.3 Å². The Balaban J connectivity index is 0.000000397. The van der Waals surface area contributed by atoms with E-state index in [0.717, 1.165) is 12.0 Å². The summed E-state index contributed by atoms with van der Waals surface area (Å²) in [4.78, 5) is 0. The van der Waals surface area contributed by atoms with Gasteiger partial charge in [0.15, 0.2) is 0 Å². The second-order valence-corrected chi connectivity index (χ2v) is 3.72. The van der Waals surface area contributed by atoms with Gasteiger partial charge in [0.2, 0.25) is 0 Å². The molecule has 1 heterocycles. The van der Waals surface area contributed by atoms with E-state index in [1.54, 1.807) is 6.26 Å². The highest BCUT2D eigenvalue weighted by atomic mass is 32.1. The van der Waals surface area contributed by atoms with Crippen LogP contribution in [0.5, 0.6) is 0 Å². The van der Waals surface area contributed by atoms with Gasteiger partial charge in [-0.25, -0.2) is 0 Å². The van der Waals surface area contributed by atoms with Crippen LogP contribution in [-0.2, 0) is 4.74 Å². The molecule has 4 atom stereocenters. The zero-order valence-corrected chi connectivity index (χ0v) is 10.5. The van der Waals surface area contributed by atoms with Crippen molar-refractivity contribution in [2.75, 3.05) is 13.2 Å². The molecule has 4 unspecified atom stereocenters. The summed E-state index contributed by atoms with van der Waals surface area (Å²) in [6.07, 6.45) is 1.40. The first kappa shape index (κ1) is 17.2. The molecule has 0 radical (unpaired) electrons. The van der Waals surface area contributed by atoms with Gasteiger partial charge in [0, 0.05) is 5.37 Å². The van der Waals surface area contributed by atoms with Crippen molar-refractivity contribution in [2.45, 2.75) is 24.4 Å². The van der Waals surface area contributed by atoms with Crippen LogP contribution in [0.4, 0.5) is 0 Å². The fourth-order valence-electron chi connectivity index (χ4n) is 0.964. The first-order valence-corrected chi connectivity index (χ1v) is 5.73. The number of hydrogen-bond acceptors (Lipinski definition) is 7. The van der Waals surface area contributed by atoms with E-state index in [9.17, 15) is 0 Å². The van der Waals surface area contributed by atoms with Crippen LogP contribution in [0.1, 0.15) is 0 Å². The van der Waals surface area contributed by atoms with E-state index in [1.165, 1.54) is 0 Å². The molecule has 1 aliphatic rings. The Morgan fingerprint density at radius 2 is 1.83 bits per heavy atom. The normalized spacial score (nSPS) is 19.8. The third-order valence-corrected chi connectivity index (χ3v) is 2.31. The summed E-state index contributed by atoms with van der Waals surface area (Å²) < 4.78 is 4.80. The molecule has 6 nitrogen and oxygen atoms in total. The molecule has 0 saturated carbocycles. The number of allylic oxidation sites excluding steroid dienone is 2. The molecule has 104 valence electrons. The minimum Gasteiger partial charge on any atom is -0.497 e. The van der Waals surface area contributed by atoms with Crippen LogP contribution in [0.15, 0.2) is 24.5 Å². The third kappa shape index (κ3) is 6.80. The Labute approximate surface area is 110 Å². The van der Waals surface area contributed by atoms with Crippen LogP contribution in [0.3, 0.4) is 0 Å². The van der Waals surface area contributed by atoms with Crippen LogP contribution in [0.2, 0.25) is 0 Å². The van der Waals surface area contributed by atoms with Gasteiger partial charge in [-0.05, 0) is 12.2 Å². The van der Waals surface area contributed by atoms with Crippen molar-refractivity contribution in [1.82, 2.24) is 0 Å². The smallest absolute Gasteiger partial charge is 0.113 e. The first-order valence-electron chi connectivity index (χ1n) is 5.26. The molecule has 0 aliphatic carbocycles. The van der Waals surface area contributed by atoms with Crippen molar-refractivity contribution in [3.8, 4) is 0 Å². The number of hydrogen-bond donors (Lipinski definition) is 5. The van der Waals surface area contributed by atoms with Gasteiger partial charge in [0.05, 0.1) is 12.9 Å². The Morgan fingerprint density at radius 3 is 2.11 bits per heavy atom. The zero-order chi connectivity index (χ0) is 14.0. The summed E-state index contributed by atoms with van der Waals surface area (Å²) in [6, 6.07) is 0. The summed E-state index contributed by atoms with van der Waals surface area (Å²) in [6.45, 7) is 0.0406.